The maximum atomic E-state index is 11.2. The maximum Gasteiger partial charge on any atom is 0.335 e. The molecule has 0 spiro atoms. The molecule has 0 amide bonds. The number of rotatable bonds is 8. The number of hydrogen-bond acceptors (Lipinski definition) is 7. The monoisotopic (exact) mass is 583 g/mol. The quantitative estimate of drug-likeness (QED) is 0.226. The number of aryl methyl sites for hydroxylation is 1. The molecule has 0 unspecified atom stereocenters. The fourth-order valence-corrected chi connectivity index (χ4v) is 6.58. The lowest BCUT2D eigenvalue weighted by Gasteiger charge is -2.31. The third-order valence-electron chi connectivity index (χ3n) is 7.33. The second kappa shape index (κ2) is 10.9. The van der Waals surface area contributed by atoms with E-state index in [1.54, 1.807) is 23.5 Å². The molecule has 39 heavy (non-hydrogen) atoms. The molecule has 4 aromatic rings. The van der Waals surface area contributed by atoms with Crippen molar-refractivity contribution in [1.82, 2.24) is 10.1 Å². The molecule has 1 N–H and O–H groups in total. The van der Waals surface area contributed by atoms with Crippen LogP contribution in [0.1, 0.15) is 58.2 Å². The Morgan fingerprint density at radius 3 is 2.41 bits per heavy atom. The van der Waals surface area contributed by atoms with Crippen molar-refractivity contribution in [2.75, 3.05) is 18.0 Å². The fraction of sp³-hybridized carbons (Fsp3) is 0.345. The Balaban J connectivity index is 1.12. The zero-order valence-corrected chi connectivity index (χ0v) is 23.7. The largest absolute Gasteiger partial charge is 0.478 e. The molecule has 202 valence electrons. The van der Waals surface area contributed by atoms with Gasteiger partial charge in [-0.25, -0.2) is 9.78 Å². The van der Waals surface area contributed by atoms with Gasteiger partial charge in [0.2, 0.25) is 0 Å². The van der Waals surface area contributed by atoms with Crippen LogP contribution in [-0.4, -0.2) is 40.4 Å². The van der Waals surface area contributed by atoms with Crippen LogP contribution < -0.4 is 4.90 Å². The fourth-order valence-electron chi connectivity index (χ4n) is 5.02. The van der Waals surface area contributed by atoms with Crippen molar-refractivity contribution in [3.63, 3.8) is 0 Å². The number of nitrogens with zero attached hydrogens (tertiary/aromatic N) is 3. The topological polar surface area (TPSA) is 88.7 Å². The summed E-state index contributed by atoms with van der Waals surface area (Å²) in [5.41, 5.74) is 4.41. The molecule has 1 saturated heterocycles. The first kappa shape index (κ1) is 26.3. The molecule has 0 atom stereocenters. The van der Waals surface area contributed by atoms with Crippen molar-refractivity contribution in [3.05, 3.63) is 74.3 Å². The van der Waals surface area contributed by atoms with Gasteiger partial charge in [0, 0.05) is 40.6 Å². The average Bonchev–Trinajstić information content (AvgIpc) is 3.58. The molecule has 2 aromatic heterocycles. The molecule has 1 aliphatic carbocycles. The summed E-state index contributed by atoms with van der Waals surface area (Å²) in [7, 11) is 0. The van der Waals surface area contributed by atoms with Gasteiger partial charge in [0.05, 0.1) is 34.0 Å². The van der Waals surface area contributed by atoms with Crippen LogP contribution in [0.2, 0.25) is 10.0 Å². The summed E-state index contributed by atoms with van der Waals surface area (Å²) >= 11 is 14.7. The first-order chi connectivity index (χ1) is 18.9. The number of carbonyl (C=O) groups is 1. The first-order valence-electron chi connectivity index (χ1n) is 13.0. The highest BCUT2D eigenvalue weighted by molar-refractivity contribution is 7.16. The van der Waals surface area contributed by atoms with Crippen LogP contribution in [0.4, 0.5) is 5.13 Å². The van der Waals surface area contributed by atoms with Gasteiger partial charge in [0.25, 0.3) is 0 Å². The molecule has 1 saturated carbocycles. The number of piperidine rings is 1. The van der Waals surface area contributed by atoms with E-state index in [1.165, 1.54) is 0 Å². The third-order valence-corrected chi connectivity index (χ3v) is 8.99. The summed E-state index contributed by atoms with van der Waals surface area (Å²) in [6, 6.07) is 12.3. The number of hydrogen-bond donors (Lipinski definition) is 1. The highest BCUT2D eigenvalue weighted by Crippen LogP contribution is 2.46. The Kier molecular flexibility index (Phi) is 7.37. The van der Waals surface area contributed by atoms with Crippen LogP contribution in [-0.2, 0) is 11.3 Å². The minimum Gasteiger partial charge on any atom is -0.478 e. The molecule has 0 radical (unpaired) electrons. The number of anilines is 1. The zero-order chi connectivity index (χ0) is 27.1. The van der Waals surface area contributed by atoms with Gasteiger partial charge in [0.15, 0.2) is 5.13 Å². The predicted molar refractivity (Wildman–Crippen MR) is 153 cm³/mol. The first-order valence-corrected chi connectivity index (χ1v) is 14.6. The van der Waals surface area contributed by atoms with E-state index in [4.69, 9.17) is 42.6 Å². The number of carboxylic acid groups (broad SMARTS) is 1. The minimum atomic E-state index is -0.931. The van der Waals surface area contributed by atoms with Gasteiger partial charge < -0.3 is 19.3 Å². The van der Waals surface area contributed by atoms with Crippen molar-refractivity contribution in [3.8, 4) is 22.5 Å². The summed E-state index contributed by atoms with van der Waals surface area (Å²) in [6.07, 6.45) is 4.06. The summed E-state index contributed by atoms with van der Waals surface area (Å²) in [5.74, 6) is 0.343. The molecule has 2 fully saturated rings. The van der Waals surface area contributed by atoms with Crippen LogP contribution in [0.25, 0.3) is 22.5 Å². The summed E-state index contributed by atoms with van der Waals surface area (Å²) in [5, 5.41) is 15.6. The molecular formula is C29H27Cl2N3O4S. The Morgan fingerprint density at radius 2 is 1.77 bits per heavy atom. The Morgan fingerprint density at radius 1 is 1.08 bits per heavy atom. The van der Waals surface area contributed by atoms with Gasteiger partial charge in [-0.3, -0.25) is 0 Å². The van der Waals surface area contributed by atoms with Gasteiger partial charge in [-0.1, -0.05) is 46.6 Å². The van der Waals surface area contributed by atoms with Crippen molar-refractivity contribution >= 4 is 45.6 Å². The highest BCUT2D eigenvalue weighted by Gasteiger charge is 2.34. The van der Waals surface area contributed by atoms with E-state index in [9.17, 15) is 4.79 Å². The molecule has 10 heteroatoms. The molecule has 0 bridgehead atoms. The van der Waals surface area contributed by atoms with Crippen LogP contribution in [0.3, 0.4) is 0 Å². The lowest BCUT2D eigenvalue weighted by molar-refractivity contribution is 0.0246. The van der Waals surface area contributed by atoms with E-state index in [0.717, 1.165) is 71.4 Å². The van der Waals surface area contributed by atoms with E-state index in [0.29, 0.717) is 33.8 Å². The lowest BCUT2D eigenvalue weighted by Crippen LogP contribution is -2.37. The lowest BCUT2D eigenvalue weighted by atomic mass is 10.0. The molecule has 1 aliphatic heterocycles. The molecule has 2 aromatic carbocycles. The van der Waals surface area contributed by atoms with Crippen molar-refractivity contribution in [2.45, 2.75) is 51.2 Å². The van der Waals surface area contributed by atoms with E-state index >= 15 is 0 Å². The zero-order valence-electron chi connectivity index (χ0n) is 21.3. The molecular weight excluding hydrogens is 557 g/mol. The van der Waals surface area contributed by atoms with Gasteiger partial charge in [-0.05, 0) is 56.9 Å². The molecule has 2 aliphatic rings. The van der Waals surface area contributed by atoms with Crippen LogP contribution in [0.5, 0.6) is 0 Å². The number of ether oxygens (including phenoxy) is 1. The van der Waals surface area contributed by atoms with E-state index < -0.39 is 5.97 Å². The van der Waals surface area contributed by atoms with Crippen LogP contribution >= 0.6 is 34.5 Å². The standard InChI is InChI=1S/C29H27Cl2N3O4S/c1-16-25(17-5-9-19(10-6-17)28(35)36)32-29(39-16)34-13-11-20(12-14-34)37-15-21-26(33-38-27(21)18-7-8-18)24-22(30)3-2-4-23(24)31/h2-6,9-10,18,20H,7-8,11-15H2,1H3,(H,35,36). The Bertz CT molecular complexity index is 1490. The number of aromatic carboxylic acids is 1. The van der Waals surface area contributed by atoms with Crippen LogP contribution in [0, 0.1) is 6.92 Å². The number of carboxylic acids is 1. The van der Waals surface area contributed by atoms with Crippen molar-refractivity contribution in [2.24, 2.45) is 0 Å². The maximum absolute atomic E-state index is 11.2. The minimum absolute atomic E-state index is 0.113. The smallest absolute Gasteiger partial charge is 0.335 e. The third kappa shape index (κ3) is 5.43. The van der Waals surface area contributed by atoms with Crippen molar-refractivity contribution in [1.29, 1.82) is 0 Å². The number of thiazole rings is 1. The van der Waals surface area contributed by atoms with E-state index in [2.05, 4.69) is 17.0 Å². The number of benzene rings is 2. The second-order valence-corrected chi connectivity index (χ2v) is 12.0. The van der Waals surface area contributed by atoms with Crippen LogP contribution in [0.15, 0.2) is 47.0 Å². The predicted octanol–water partition coefficient (Wildman–Crippen LogP) is 7.84. The van der Waals surface area contributed by atoms with E-state index in [1.807, 2.05) is 30.3 Å². The number of halogens is 2. The van der Waals surface area contributed by atoms with Gasteiger partial charge in [0.1, 0.15) is 11.5 Å². The highest BCUT2D eigenvalue weighted by atomic mass is 35.5. The SMILES string of the molecule is Cc1sc(N2CCC(OCc3c(-c4c(Cl)cccc4Cl)noc3C3CC3)CC2)nc1-c1ccc(C(=O)O)cc1. The number of aromatic nitrogens is 2. The van der Waals surface area contributed by atoms with Gasteiger partial charge in [-0.2, -0.15) is 0 Å². The van der Waals surface area contributed by atoms with Gasteiger partial charge >= 0.3 is 5.97 Å². The summed E-state index contributed by atoms with van der Waals surface area (Å²) < 4.78 is 12.2. The Labute approximate surface area is 240 Å². The average molecular weight is 585 g/mol. The summed E-state index contributed by atoms with van der Waals surface area (Å²) in [6.45, 7) is 4.15. The molecule has 7 nitrogen and oxygen atoms in total. The molecule has 3 heterocycles. The molecule has 6 rings (SSSR count). The van der Waals surface area contributed by atoms with E-state index in [-0.39, 0.29) is 11.7 Å². The Hall–Kier alpha value is -2.91. The van der Waals surface area contributed by atoms with Gasteiger partial charge in [-0.15, -0.1) is 11.3 Å². The second-order valence-electron chi connectivity index (χ2n) is 10.0. The van der Waals surface area contributed by atoms with Crippen molar-refractivity contribution < 1.29 is 19.2 Å². The summed E-state index contributed by atoms with van der Waals surface area (Å²) in [4.78, 5) is 19.5. The normalized spacial score (nSPS) is 16.1.